The van der Waals surface area contributed by atoms with E-state index in [1.165, 1.54) is 47.1 Å². The summed E-state index contributed by atoms with van der Waals surface area (Å²) in [6.07, 6.45) is 3.09. The Morgan fingerprint density at radius 2 is 0.844 bits per heavy atom. The smallest absolute Gasteiger partial charge is 0.318 e. The SMILES string of the molecule is CO[PH](=O)OCCCCCCCC1C2CC/C(N)=C(/N(N)CCOCCOCCC(=O)N3CCC(C(=O)NC(COCCC(=O)NCCCCCCOC4OC(CO)C(O)C(O)C4NC(C)=O)(COCCC(=O)NCCCCCCOC4OC(CO)C(O)C(O)C4NC(C)=O)COCCC(=O)NCCCCCCOC4OC(CO)C(O)C(O)C4NC(C)=O)CC3)CCC12. The van der Waals surface area contributed by atoms with E-state index in [1.807, 2.05) is 0 Å². The van der Waals surface area contributed by atoms with Crippen LogP contribution in [0.15, 0.2) is 11.4 Å². The first-order valence-electron chi connectivity index (χ1n) is 46.2. The number of nitrogens with two attached hydrogens (primary N) is 2. The van der Waals surface area contributed by atoms with Crippen LogP contribution in [0.5, 0.6) is 0 Å². The van der Waals surface area contributed by atoms with Crippen LogP contribution in [0.2, 0.25) is 0 Å². The number of hydrazine groups is 1. The predicted octanol–water partition coefficient (Wildman–Crippen LogP) is -1.19. The molecule has 4 aliphatic heterocycles. The molecule has 19 atom stereocenters. The molecule has 43 heteroatoms. The molecule has 4 saturated heterocycles. The number of carbonyl (C=O) groups is 8. The number of aliphatic hydroxyl groups is 9. The molecule has 0 radical (unpaired) electrons. The molecule has 20 N–H and O–H groups in total. The minimum absolute atomic E-state index is 0.0777. The fourth-order valence-electron chi connectivity index (χ4n) is 16.6. The number of unbranched alkanes of at least 4 members (excludes halogenated alkanes) is 13. The number of ether oxygens (including phenoxy) is 11. The van der Waals surface area contributed by atoms with Crippen molar-refractivity contribution in [2.45, 2.75) is 298 Å². The summed E-state index contributed by atoms with van der Waals surface area (Å²) in [6, 6.07) is -3.20. The van der Waals surface area contributed by atoms with E-state index in [4.69, 9.17) is 72.7 Å². The topological polar surface area (TPSA) is 598 Å². The van der Waals surface area contributed by atoms with Crippen LogP contribution >= 0.6 is 8.25 Å². The number of aliphatic hydroxyl groups excluding tert-OH is 9. The van der Waals surface area contributed by atoms with Gasteiger partial charge in [0.25, 0.3) is 0 Å². The molecule has 0 spiro atoms. The maximum absolute atomic E-state index is 14.7. The third kappa shape index (κ3) is 41.1. The van der Waals surface area contributed by atoms with Crippen molar-refractivity contribution >= 4 is 55.5 Å². The summed E-state index contributed by atoms with van der Waals surface area (Å²) in [4.78, 5) is 105. The number of hydrogen-bond donors (Lipinski definition) is 18. The number of nitrogens with zero attached hydrogens (tertiary/aromatic N) is 2. The van der Waals surface area contributed by atoms with Gasteiger partial charge in [0.15, 0.2) is 18.9 Å². The van der Waals surface area contributed by atoms with Crippen LogP contribution in [-0.4, -0.2) is 359 Å². The zero-order valence-electron chi connectivity index (χ0n) is 75.6. The molecular formula is C85H154N11O31P. The molecule has 1 saturated carbocycles. The Morgan fingerprint density at radius 3 is 1.25 bits per heavy atom. The Bertz CT molecular complexity index is 3050. The summed E-state index contributed by atoms with van der Waals surface area (Å²) in [5.74, 6) is 5.23. The number of likely N-dealkylation sites (tertiary alicyclic amines) is 1. The van der Waals surface area contributed by atoms with Crippen molar-refractivity contribution in [2.24, 2.45) is 35.2 Å². The highest BCUT2D eigenvalue weighted by molar-refractivity contribution is 7.33. The maximum Gasteiger partial charge on any atom is 0.318 e. The minimum atomic E-state index is -2.36. The molecule has 6 aliphatic rings. The van der Waals surface area contributed by atoms with Crippen LogP contribution in [0.25, 0.3) is 0 Å². The van der Waals surface area contributed by atoms with Crippen molar-refractivity contribution in [1.29, 1.82) is 0 Å². The Balaban J connectivity index is 0.988. The second-order valence-corrected chi connectivity index (χ2v) is 35.3. The molecule has 4 heterocycles. The van der Waals surface area contributed by atoms with Crippen LogP contribution in [0.4, 0.5) is 0 Å². The largest absolute Gasteiger partial charge is 0.401 e. The first kappa shape index (κ1) is 111. The van der Waals surface area contributed by atoms with Gasteiger partial charge < -0.3 is 160 Å². The number of carbonyl (C=O) groups excluding carboxylic acids is 8. The van der Waals surface area contributed by atoms with Crippen LogP contribution in [0.3, 0.4) is 0 Å². The first-order chi connectivity index (χ1) is 61.6. The van der Waals surface area contributed by atoms with E-state index >= 15 is 0 Å². The minimum Gasteiger partial charge on any atom is -0.401 e. The second-order valence-electron chi connectivity index (χ2n) is 34.1. The van der Waals surface area contributed by atoms with E-state index in [9.17, 15) is 88.9 Å². The summed E-state index contributed by atoms with van der Waals surface area (Å²) in [6.45, 7) is 5.00. The van der Waals surface area contributed by atoms with Crippen molar-refractivity contribution < 1.29 is 150 Å². The number of piperidine rings is 1. The van der Waals surface area contributed by atoms with E-state index in [0.717, 1.165) is 62.3 Å². The highest BCUT2D eigenvalue weighted by atomic mass is 31.1. The molecule has 0 aromatic carbocycles. The molecule has 0 aromatic heterocycles. The molecule has 0 bridgehead atoms. The van der Waals surface area contributed by atoms with Gasteiger partial charge in [0, 0.05) is 117 Å². The standard InChI is InChI=1S/C85H154N11O31P/c1-56(100)91-72-78(110)75(107)65(50-97)125-82(72)121-39-18-11-7-15-33-88-68(103)29-43-118-53-85(54-119-44-30-69(104)89-34-16-8-12-19-40-122-83-73(92-57(2)101)79(111)76(108)66(51-98)126-83,55-120-45-31-70(105)90-35-17-9-13-20-41-123-84-74(93-58(3)102)80(112)77(109)67(52-99)127-84)94-81(113)59-27-36-95(37-28-59)71(106)32-46-116-48-49-117-47-38-96(87)64-26-24-62-60(61(62)23-25-63(64)86)22-14-6-5-10-21-42-124-128(114)115-4/h59-62,65-67,72-80,82-84,97-99,107-112,128H,5-55,86-87H2,1-4H3,(H,88,103)(H,89,104)(H,90,105)(H,91,100)(H,92,101)(H,93,102)(H,94,113)/b64-63-. The van der Waals surface area contributed by atoms with E-state index in [2.05, 4.69) is 37.2 Å². The number of nitrogens with one attached hydrogen (secondary N) is 7. The Labute approximate surface area is 752 Å². The van der Waals surface area contributed by atoms with Gasteiger partial charge in [-0.3, -0.25) is 42.9 Å². The molecule has 5 fully saturated rings. The van der Waals surface area contributed by atoms with E-state index in [1.54, 1.807) is 9.91 Å². The number of rotatable bonds is 67. The van der Waals surface area contributed by atoms with Crippen molar-refractivity contribution in [3.05, 3.63) is 11.4 Å². The molecule has 2 aliphatic carbocycles. The second kappa shape index (κ2) is 62.8. The Kier molecular flexibility index (Phi) is 54.5. The van der Waals surface area contributed by atoms with Gasteiger partial charge in [0.2, 0.25) is 47.3 Å². The normalized spacial score (nSPS) is 27.4. The first-order valence-corrected chi connectivity index (χ1v) is 47.4. The Morgan fingerprint density at radius 1 is 0.469 bits per heavy atom. The summed E-state index contributed by atoms with van der Waals surface area (Å²) >= 11 is 0. The summed E-state index contributed by atoms with van der Waals surface area (Å²) in [5, 5.41) is 113. The molecule has 8 amide bonds. The lowest BCUT2D eigenvalue weighted by molar-refractivity contribution is -0.270. The average Bonchev–Trinajstić information content (AvgIpc) is 1.61. The fourth-order valence-corrected chi connectivity index (χ4v) is 17.1. The Hall–Kier alpha value is -5.59. The molecule has 128 heavy (non-hydrogen) atoms. The van der Waals surface area contributed by atoms with Gasteiger partial charge in [-0.2, -0.15) is 0 Å². The summed E-state index contributed by atoms with van der Waals surface area (Å²) < 4.78 is 86.0. The average molecular weight is 1860 g/mol. The van der Waals surface area contributed by atoms with Crippen LogP contribution in [0.1, 0.15) is 201 Å². The summed E-state index contributed by atoms with van der Waals surface area (Å²) in [5.41, 5.74) is 6.97. The molecular weight excluding hydrogens is 1700 g/mol. The molecule has 740 valence electrons. The molecule has 19 unspecified atom stereocenters. The number of hydrogen-bond acceptors (Lipinski definition) is 34. The maximum atomic E-state index is 14.7. The zero-order chi connectivity index (χ0) is 93.2. The van der Waals surface area contributed by atoms with Crippen molar-refractivity contribution in [3.8, 4) is 0 Å². The third-order valence-electron chi connectivity index (χ3n) is 24.0. The lowest BCUT2D eigenvalue weighted by atomic mass is 9.93. The quantitative estimate of drug-likeness (QED) is 0.0147. The van der Waals surface area contributed by atoms with Crippen molar-refractivity contribution in [1.82, 2.24) is 47.1 Å². The van der Waals surface area contributed by atoms with Crippen LogP contribution in [-0.2, 0) is 104 Å². The zero-order valence-corrected chi connectivity index (χ0v) is 76.6. The van der Waals surface area contributed by atoms with Gasteiger partial charge >= 0.3 is 8.25 Å². The van der Waals surface area contributed by atoms with E-state index in [-0.39, 0.29) is 141 Å². The molecule has 6 rings (SSSR count). The van der Waals surface area contributed by atoms with Gasteiger partial charge in [-0.1, -0.05) is 64.2 Å². The van der Waals surface area contributed by atoms with Gasteiger partial charge in [0.05, 0.1) is 105 Å². The fraction of sp³-hybridized carbons (Fsp3) is 0.882. The van der Waals surface area contributed by atoms with Gasteiger partial charge in [-0.15, -0.1) is 0 Å². The van der Waals surface area contributed by atoms with E-state index < -0.39 is 149 Å². The highest BCUT2D eigenvalue weighted by Gasteiger charge is 2.51. The van der Waals surface area contributed by atoms with Gasteiger partial charge in [-0.25, -0.2) is 5.84 Å². The lowest BCUT2D eigenvalue weighted by Crippen LogP contribution is -2.64. The van der Waals surface area contributed by atoms with Gasteiger partial charge in [-0.05, 0) is 108 Å². The lowest BCUT2D eigenvalue weighted by Gasteiger charge is -2.42. The van der Waals surface area contributed by atoms with Crippen LogP contribution in [0, 0.1) is 23.7 Å². The van der Waals surface area contributed by atoms with Crippen molar-refractivity contribution in [2.75, 3.05) is 159 Å². The predicted molar refractivity (Wildman–Crippen MR) is 462 cm³/mol. The number of allylic oxidation sites excluding steroid dienone is 2. The third-order valence-corrected chi connectivity index (χ3v) is 24.8. The van der Waals surface area contributed by atoms with Crippen molar-refractivity contribution in [3.63, 3.8) is 0 Å². The molecule has 42 nitrogen and oxygen atoms in total. The summed E-state index contributed by atoms with van der Waals surface area (Å²) in [7, 11) is -0.972. The van der Waals surface area contributed by atoms with Gasteiger partial charge in [0.1, 0.15) is 78.6 Å². The van der Waals surface area contributed by atoms with E-state index in [0.29, 0.717) is 148 Å². The number of amides is 8. The van der Waals surface area contributed by atoms with Crippen LogP contribution < -0.4 is 48.8 Å². The number of fused-ring (bicyclic) bond motifs is 1. The highest BCUT2D eigenvalue weighted by Crippen LogP contribution is 2.56. The molecule has 0 aromatic rings. The monoisotopic (exact) mass is 1860 g/mol.